The maximum absolute atomic E-state index is 12.6. The molecule has 21 heavy (non-hydrogen) atoms. The molecule has 2 N–H and O–H groups in total. The topological polar surface area (TPSA) is 90.6 Å². The Hall–Kier alpha value is -2.09. The van der Waals surface area contributed by atoms with Gasteiger partial charge in [-0.05, 0) is 0 Å². The van der Waals surface area contributed by atoms with E-state index in [-0.39, 0.29) is 17.5 Å². The van der Waals surface area contributed by atoms with Gasteiger partial charge in [0, 0.05) is 44.4 Å². The molecule has 3 amide bonds. The maximum atomic E-state index is 12.6. The number of aromatic nitrogens is 2. The second-order valence-electron chi connectivity index (χ2n) is 5.94. The van der Waals surface area contributed by atoms with E-state index < -0.39 is 0 Å². The fraction of sp³-hybridized carbons (Fsp3) is 0.615. The largest absolute Gasteiger partial charge is 0.376 e. The molecule has 0 atom stereocenters. The quantitative estimate of drug-likeness (QED) is 0.718. The molecule has 2 saturated heterocycles. The number of hydrogen-bond acceptors (Lipinski definition) is 4. The van der Waals surface area contributed by atoms with Gasteiger partial charge in [-0.2, -0.15) is 5.10 Å². The molecule has 3 aliphatic rings. The van der Waals surface area contributed by atoms with Crippen LogP contribution in [0.5, 0.6) is 0 Å². The van der Waals surface area contributed by atoms with Crippen molar-refractivity contribution in [2.75, 3.05) is 33.3 Å². The Morgan fingerprint density at radius 2 is 2.24 bits per heavy atom. The predicted molar refractivity (Wildman–Crippen MR) is 71.7 cm³/mol. The van der Waals surface area contributed by atoms with E-state index in [2.05, 4.69) is 15.5 Å². The third-order valence-electron chi connectivity index (χ3n) is 4.74. The van der Waals surface area contributed by atoms with Gasteiger partial charge >= 0.3 is 6.03 Å². The molecule has 3 aliphatic heterocycles. The third-order valence-corrected chi connectivity index (χ3v) is 4.74. The molecule has 0 bridgehead atoms. The Morgan fingerprint density at radius 1 is 1.43 bits per heavy atom. The third kappa shape index (κ3) is 1.68. The number of carbonyl (C=O) groups is 2. The molecule has 8 heteroatoms. The highest BCUT2D eigenvalue weighted by Crippen LogP contribution is 2.31. The minimum Gasteiger partial charge on any atom is -0.376 e. The highest BCUT2D eigenvalue weighted by Gasteiger charge is 2.54. The molecule has 4 heterocycles. The van der Waals surface area contributed by atoms with Gasteiger partial charge < -0.3 is 19.9 Å². The van der Waals surface area contributed by atoms with Crippen molar-refractivity contribution in [3.63, 3.8) is 0 Å². The highest BCUT2D eigenvalue weighted by molar-refractivity contribution is 5.95. The van der Waals surface area contributed by atoms with E-state index in [1.807, 2.05) is 0 Å². The van der Waals surface area contributed by atoms with Gasteiger partial charge in [-0.3, -0.25) is 9.89 Å². The summed E-state index contributed by atoms with van der Waals surface area (Å²) in [7, 11) is 1.77. The van der Waals surface area contributed by atoms with Crippen molar-refractivity contribution >= 4 is 11.9 Å². The van der Waals surface area contributed by atoms with Crippen molar-refractivity contribution in [3.05, 3.63) is 17.0 Å². The van der Waals surface area contributed by atoms with Crippen LogP contribution in [0.15, 0.2) is 0 Å². The minimum absolute atomic E-state index is 0.0763. The van der Waals surface area contributed by atoms with Crippen LogP contribution in [0.1, 0.15) is 21.7 Å². The van der Waals surface area contributed by atoms with Crippen LogP contribution in [-0.2, 0) is 17.8 Å². The first-order valence-corrected chi connectivity index (χ1v) is 7.05. The summed E-state index contributed by atoms with van der Waals surface area (Å²) in [5.41, 5.74) is 2.08. The smallest absolute Gasteiger partial charge is 0.317 e. The zero-order chi connectivity index (χ0) is 14.6. The summed E-state index contributed by atoms with van der Waals surface area (Å²) < 4.78 is 5.41. The molecule has 0 unspecified atom stereocenters. The molecule has 0 saturated carbocycles. The van der Waals surface area contributed by atoms with Gasteiger partial charge in [-0.1, -0.05) is 0 Å². The summed E-state index contributed by atoms with van der Waals surface area (Å²) in [6, 6.07) is -0.0763. The summed E-state index contributed by atoms with van der Waals surface area (Å²) in [5, 5.41) is 9.90. The number of nitrogens with zero attached hydrogens (tertiary/aromatic N) is 3. The fourth-order valence-electron chi connectivity index (χ4n) is 3.26. The van der Waals surface area contributed by atoms with Gasteiger partial charge in [0.1, 0.15) is 0 Å². The van der Waals surface area contributed by atoms with Crippen molar-refractivity contribution < 1.29 is 14.3 Å². The number of H-pyrrole nitrogens is 1. The Morgan fingerprint density at radius 3 is 2.95 bits per heavy atom. The Labute approximate surface area is 121 Å². The van der Waals surface area contributed by atoms with E-state index in [0.717, 1.165) is 17.7 Å². The Kier molecular flexibility index (Phi) is 2.53. The predicted octanol–water partition coefficient (Wildman–Crippen LogP) is -0.668. The van der Waals surface area contributed by atoms with Crippen LogP contribution in [0.2, 0.25) is 0 Å². The number of rotatable bonds is 1. The first-order chi connectivity index (χ1) is 10.1. The van der Waals surface area contributed by atoms with Crippen LogP contribution < -0.4 is 5.32 Å². The molecular weight excluding hydrogens is 274 g/mol. The van der Waals surface area contributed by atoms with Gasteiger partial charge in [0.2, 0.25) is 0 Å². The number of carbonyl (C=O) groups excluding carboxylic acids is 2. The van der Waals surface area contributed by atoms with Crippen LogP contribution >= 0.6 is 0 Å². The number of likely N-dealkylation sites (tertiary alicyclic amines) is 1. The van der Waals surface area contributed by atoms with Crippen LogP contribution in [0.25, 0.3) is 0 Å². The van der Waals surface area contributed by atoms with Crippen LogP contribution in [0.3, 0.4) is 0 Å². The summed E-state index contributed by atoms with van der Waals surface area (Å²) in [4.78, 5) is 27.5. The zero-order valence-corrected chi connectivity index (χ0v) is 11.8. The van der Waals surface area contributed by atoms with Crippen LogP contribution in [0.4, 0.5) is 4.79 Å². The number of aromatic amines is 1. The molecule has 8 nitrogen and oxygen atoms in total. The summed E-state index contributed by atoms with van der Waals surface area (Å²) in [6.07, 6.45) is 0.765. The molecule has 2 fully saturated rings. The van der Waals surface area contributed by atoms with Crippen molar-refractivity contribution in [2.45, 2.75) is 18.6 Å². The Bertz CT molecular complexity index is 619. The number of fused-ring (bicyclic) bond motifs is 1. The van der Waals surface area contributed by atoms with E-state index in [1.165, 1.54) is 0 Å². The molecule has 1 spiro atoms. The van der Waals surface area contributed by atoms with E-state index in [0.29, 0.717) is 38.5 Å². The summed E-state index contributed by atoms with van der Waals surface area (Å²) in [5.74, 6) is -0.0867. The number of hydrogen-bond donors (Lipinski definition) is 2. The van der Waals surface area contributed by atoms with Crippen LogP contribution in [0, 0.1) is 0 Å². The second-order valence-corrected chi connectivity index (χ2v) is 5.94. The first-order valence-electron chi connectivity index (χ1n) is 7.05. The first kappa shape index (κ1) is 12.6. The van der Waals surface area contributed by atoms with E-state index >= 15 is 0 Å². The molecule has 0 radical (unpaired) electrons. The number of amides is 3. The Balaban J connectivity index is 1.51. The van der Waals surface area contributed by atoms with Crippen molar-refractivity contribution in [1.29, 1.82) is 0 Å². The van der Waals surface area contributed by atoms with Crippen LogP contribution in [-0.4, -0.2) is 70.8 Å². The van der Waals surface area contributed by atoms with E-state index in [4.69, 9.17) is 4.74 Å². The average molecular weight is 291 g/mol. The van der Waals surface area contributed by atoms with Crippen molar-refractivity contribution in [1.82, 2.24) is 25.3 Å². The van der Waals surface area contributed by atoms with Gasteiger partial charge in [0.15, 0.2) is 5.69 Å². The SMILES string of the molecule is CN1C(=O)NCC12CN(C(=O)c1n[nH]c3c1COCC3)C2. The van der Waals surface area contributed by atoms with Crippen molar-refractivity contribution in [2.24, 2.45) is 0 Å². The molecule has 1 aromatic rings. The minimum atomic E-state index is -0.250. The van der Waals surface area contributed by atoms with E-state index in [9.17, 15) is 9.59 Å². The van der Waals surface area contributed by atoms with Gasteiger partial charge in [-0.15, -0.1) is 0 Å². The summed E-state index contributed by atoms with van der Waals surface area (Å²) >= 11 is 0. The standard InChI is InChI=1S/C13H17N5O3/c1-17-12(20)14-5-13(17)6-18(7-13)11(19)10-8-4-21-3-2-9(8)15-16-10/h2-7H2,1H3,(H,14,20)(H,15,16). The van der Waals surface area contributed by atoms with Gasteiger partial charge in [0.05, 0.1) is 18.8 Å². The second kappa shape index (κ2) is 4.20. The lowest BCUT2D eigenvalue weighted by molar-refractivity contribution is 0.00698. The molecule has 1 aromatic heterocycles. The maximum Gasteiger partial charge on any atom is 0.317 e. The number of likely N-dealkylation sites (N-methyl/N-ethyl adjacent to an activating group) is 1. The number of urea groups is 1. The molecule has 112 valence electrons. The zero-order valence-electron chi connectivity index (χ0n) is 11.8. The molecular formula is C13H17N5O3. The monoisotopic (exact) mass is 291 g/mol. The number of ether oxygens (including phenoxy) is 1. The lowest BCUT2D eigenvalue weighted by atomic mass is 9.89. The normalized spacial score (nSPS) is 23.0. The molecule has 4 rings (SSSR count). The molecule has 0 aromatic carbocycles. The summed E-state index contributed by atoms with van der Waals surface area (Å²) in [6.45, 7) is 2.78. The lowest BCUT2D eigenvalue weighted by Crippen LogP contribution is -2.70. The number of nitrogens with one attached hydrogen (secondary N) is 2. The van der Waals surface area contributed by atoms with Crippen molar-refractivity contribution in [3.8, 4) is 0 Å². The van der Waals surface area contributed by atoms with Gasteiger partial charge in [-0.25, -0.2) is 4.79 Å². The fourth-order valence-corrected chi connectivity index (χ4v) is 3.26. The molecule has 0 aliphatic carbocycles. The van der Waals surface area contributed by atoms with E-state index in [1.54, 1.807) is 16.8 Å². The lowest BCUT2D eigenvalue weighted by Gasteiger charge is -2.50. The van der Waals surface area contributed by atoms with Gasteiger partial charge in [0.25, 0.3) is 5.91 Å². The average Bonchev–Trinajstić information content (AvgIpc) is 3.00. The highest BCUT2D eigenvalue weighted by atomic mass is 16.5.